The van der Waals surface area contributed by atoms with Crippen molar-refractivity contribution in [2.24, 2.45) is 0 Å². The fourth-order valence-electron chi connectivity index (χ4n) is 2.94. The van der Waals surface area contributed by atoms with Gasteiger partial charge in [0, 0.05) is 6.26 Å². The molecule has 4 heteroatoms. The lowest BCUT2D eigenvalue weighted by atomic mass is 9.97. The average Bonchev–Trinajstić information content (AvgIpc) is 2.97. The van der Waals surface area contributed by atoms with Crippen LogP contribution in [0.5, 0.6) is 0 Å². The summed E-state index contributed by atoms with van der Waals surface area (Å²) in [5, 5.41) is 0. The molecule has 22 heavy (non-hydrogen) atoms. The molecule has 1 aliphatic rings. The molecule has 3 rings (SSSR count). The second-order valence-corrected chi connectivity index (χ2v) is 7.63. The van der Waals surface area contributed by atoms with E-state index in [-0.39, 0.29) is 5.82 Å². The van der Waals surface area contributed by atoms with Crippen molar-refractivity contribution in [3.8, 4) is 0 Å². The van der Waals surface area contributed by atoms with E-state index in [1.165, 1.54) is 29.5 Å². The van der Waals surface area contributed by atoms with Gasteiger partial charge in [-0.1, -0.05) is 24.3 Å². The highest BCUT2D eigenvalue weighted by Crippen LogP contribution is 2.39. The molecule has 0 saturated carbocycles. The number of allylic oxidation sites excluding steroid dienone is 2. The van der Waals surface area contributed by atoms with Crippen molar-refractivity contribution in [2.45, 2.75) is 24.2 Å². The number of sulfone groups is 1. The predicted octanol–water partition coefficient (Wildman–Crippen LogP) is 4.32. The van der Waals surface area contributed by atoms with Gasteiger partial charge in [0.15, 0.2) is 9.84 Å². The summed E-state index contributed by atoms with van der Waals surface area (Å²) >= 11 is 0. The molecule has 0 spiro atoms. The maximum atomic E-state index is 13.1. The number of hydrogen-bond acceptors (Lipinski definition) is 2. The van der Waals surface area contributed by atoms with Gasteiger partial charge in [0.2, 0.25) is 0 Å². The second-order valence-electron chi connectivity index (χ2n) is 5.61. The van der Waals surface area contributed by atoms with Crippen LogP contribution >= 0.6 is 0 Å². The highest BCUT2D eigenvalue weighted by molar-refractivity contribution is 7.90. The summed E-state index contributed by atoms with van der Waals surface area (Å²) in [6.45, 7) is 0. The number of hydrogen-bond donors (Lipinski definition) is 0. The third-order valence-corrected chi connectivity index (χ3v) is 5.17. The van der Waals surface area contributed by atoms with E-state index in [2.05, 4.69) is 0 Å². The van der Waals surface area contributed by atoms with Crippen LogP contribution in [0.1, 0.15) is 30.4 Å². The van der Waals surface area contributed by atoms with Crippen molar-refractivity contribution in [3.63, 3.8) is 0 Å². The van der Waals surface area contributed by atoms with Gasteiger partial charge in [-0.25, -0.2) is 12.8 Å². The number of rotatable bonds is 3. The van der Waals surface area contributed by atoms with Crippen molar-refractivity contribution in [2.75, 3.05) is 6.26 Å². The third kappa shape index (κ3) is 2.97. The maximum Gasteiger partial charge on any atom is 0.175 e. The first kappa shape index (κ1) is 15.0. The molecule has 0 fully saturated rings. The smallest absolute Gasteiger partial charge is 0.175 e. The van der Waals surface area contributed by atoms with Crippen molar-refractivity contribution < 1.29 is 12.8 Å². The summed E-state index contributed by atoms with van der Waals surface area (Å²) < 4.78 is 36.1. The van der Waals surface area contributed by atoms with Crippen LogP contribution in [-0.4, -0.2) is 14.7 Å². The minimum absolute atomic E-state index is 0.235. The molecule has 0 N–H and O–H groups in total. The van der Waals surface area contributed by atoms with E-state index >= 15 is 0 Å². The summed E-state index contributed by atoms with van der Waals surface area (Å²) in [5.41, 5.74) is 4.55. The Hall–Kier alpha value is -1.94. The number of halogens is 1. The van der Waals surface area contributed by atoms with Crippen molar-refractivity contribution >= 4 is 21.0 Å². The SMILES string of the molecule is CS(=O)(=O)c1ccc(C2=C(c3ccc([18F])cc3)CCC2)cc1. The van der Waals surface area contributed by atoms with Crippen molar-refractivity contribution in [1.82, 2.24) is 0 Å². The minimum Gasteiger partial charge on any atom is -0.224 e. The molecule has 0 saturated heterocycles. The molecular formula is C18H17FO2S. The van der Waals surface area contributed by atoms with Gasteiger partial charge in [-0.2, -0.15) is 0 Å². The fourth-order valence-corrected chi connectivity index (χ4v) is 3.57. The van der Waals surface area contributed by atoms with E-state index < -0.39 is 9.84 Å². The van der Waals surface area contributed by atoms with E-state index in [1.54, 1.807) is 24.3 Å². The largest absolute Gasteiger partial charge is 0.224 e. The zero-order valence-corrected chi connectivity index (χ0v) is 13.2. The molecule has 0 unspecified atom stereocenters. The normalized spacial score (nSPS) is 15.4. The molecule has 0 amide bonds. The lowest BCUT2D eigenvalue weighted by Crippen LogP contribution is -1.97. The highest BCUT2D eigenvalue weighted by Gasteiger charge is 2.18. The summed E-state index contributed by atoms with van der Waals surface area (Å²) in [4.78, 5) is 0.332. The average molecular weight is 315 g/mol. The van der Waals surface area contributed by atoms with Crippen LogP contribution in [0.15, 0.2) is 53.4 Å². The lowest BCUT2D eigenvalue weighted by Gasteiger charge is -2.09. The summed E-state index contributed by atoms with van der Waals surface area (Å²) in [7, 11) is -3.17. The lowest BCUT2D eigenvalue weighted by molar-refractivity contribution is 0.602. The summed E-state index contributed by atoms with van der Waals surface area (Å²) in [6.07, 6.45) is 4.20. The Morgan fingerprint density at radius 1 is 0.818 bits per heavy atom. The van der Waals surface area contributed by atoms with Crippen molar-refractivity contribution in [3.05, 3.63) is 65.5 Å². The van der Waals surface area contributed by atoms with Gasteiger partial charge >= 0.3 is 0 Å². The van der Waals surface area contributed by atoms with Gasteiger partial charge < -0.3 is 0 Å². The molecule has 0 aliphatic heterocycles. The first-order valence-corrected chi connectivity index (χ1v) is 9.13. The zero-order valence-electron chi connectivity index (χ0n) is 12.3. The first-order valence-electron chi connectivity index (χ1n) is 7.23. The Bertz CT molecular complexity index is 816. The Balaban J connectivity index is 2.01. The molecule has 0 radical (unpaired) electrons. The van der Waals surface area contributed by atoms with Gasteiger partial charge in [-0.3, -0.25) is 0 Å². The first-order chi connectivity index (χ1) is 10.4. The maximum absolute atomic E-state index is 13.1. The summed E-state index contributed by atoms with van der Waals surface area (Å²) in [5.74, 6) is -0.235. The van der Waals surface area contributed by atoms with Crippen LogP contribution in [0, 0.1) is 5.82 Å². The molecule has 0 atom stereocenters. The van der Waals surface area contributed by atoms with Crippen molar-refractivity contribution in [1.29, 1.82) is 0 Å². The van der Waals surface area contributed by atoms with Crippen LogP contribution in [0.25, 0.3) is 11.1 Å². The van der Waals surface area contributed by atoms with Crippen LogP contribution < -0.4 is 0 Å². The van der Waals surface area contributed by atoms with Gasteiger partial charge in [-0.05, 0) is 65.8 Å². The zero-order chi connectivity index (χ0) is 15.7. The van der Waals surface area contributed by atoms with E-state index in [0.717, 1.165) is 30.4 Å². The van der Waals surface area contributed by atoms with Gasteiger partial charge in [0.1, 0.15) is 5.82 Å². The van der Waals surface area contributed by atoms with Crippen LogP contribution in [0.4, 0.5) is 4.39 Å². The molecule has 2 aromatic rings. The monoisotopic (exact) mass is 315 g/mol. The number of benzene rings is 2. The molecular weight excluding hydrogens is 298 g/mol. The van der Waals surface area contributed by atoms with E-state index in [0.29, 0.717) is 4.90 Å². The third-order valence-electron chi connectivity index (χ3n) is 4.04. The molecule has 1 aliphatic carbocycles. The van der Waals surface area contributed by atoms with E-state index in [4.69, 9.17) is 0 Å². The molecule has 0 heterocycles. The van der Waals surface area contributed by atoms with Crippen LogP contribution in [-0.2, 0) is 9.84 Å². The molecule has 114 valence electrons. The predicted molar refractivity (Wildman–Crippen MR) is 86.6 cm³/mol. The van der Waals surface area contributed by atoms with Gasteiger partial charge in [-0.15, -0.1) is 0 Å². The molecule has 2 aromatic carbocycles. The molecule has 0 aromatic heterocycles. The minimum atomic E-state index is -3.17. The van der Waals surface area contributed by atoms with Crippen LogP contribution in [0.2, 0.25) is 0 Å². The molecule has 2 nitrogen and oxygen atoms in total. The Kier molecular flexibility index (Phi) is 3.87. The Morgan fingerprint density at radius 2 is 1.27 bits per heavy atom. The van der Waals surface area contributed by atoms with E-state index in [9.17, 15) is 12.8 Å². The van der Waals surface area contributed by atoms with Gasteiger partial charge in [0.25, 0.3) is 0 Å². The quantitative estimate of drug-likeness (QED) is 0.845. The Morgan fingerprint density at radius 3 is 1.73 bits per heavy atom. The molecule has 0 bridgehead atoms. The van der Waals surface area contributed by atoms with Crippen LogP contribution in [0.3, 0.4) is 0 Å². The highest BCUT2D eigenvalue weighted by atomic mass is 32.2. The van der Waals surface area contributed by atoms with Gasteiger partial charge in [0.05, 0.1) is 4.90 Å². The van der Waals surface area contributed by atoms with E-state index in [1.807, 2.05) is 12.1 Å². The topological polar surface area (TPSA) is 34.1 Å². The summed E-state index contributed by atoms with van der Waals surface area (Å²) in [6, 6.07) is 13.6. The second kappa shape index (κ2) is 5.69. The standard InChI is InChI=1S/C18H17FO2S/c1-22(20,21)16-11-7-14(8-12-16)18-4-2-3-17(18)13-5-9-15(19)10-6-13/h5-12H,2-4H2,1H3/i19-1. The fraction of sp³-hybridized carbons (Fsp3) is 0.222. The Labute approximate surface area is 130 Å².